The van der Waals surface area contributed by atoms with Crippen molar-refractivity contribution >= 4 is 11.6 Å². The van der Waals surface area contributed by atoms with E-state index in [1.54, 1.807) is 0 Å². The Morgan fingerprint density at radius 1 is 0.694 bits per heavy atom. The molecule has 2 heteroatoms. The van der Waals surface area contributed by atoms with Crippen LogP contribution in [0.4, 0.5) is 0 Å². The molecule has 1 atom stereocenters. The van der Waals surface area contributed by atoms with E-state index in [4.69, 9.17) is 16.3 Å². The van der Waals surface area contributed by atoms with E-state index in [0.717, 1.165) is 46.9 Å². The van der Waals surface area contributed by atoms with Crippen LogP contribution in [0.3, 0.4) is 0 Å². The average Bonchev–Trinajstić information content (AvgIpc) is 2.92. The highest BCUT2D eigenvalue weighted by molar-refractivity contribution is 6.34. The zero-order valence-electron chi connectivity index (χ0n) is 21.8. The molecule has 0 saturated carbocycles. The maximum absolute atomic E-state index is 6.82. The van der Waals surface area contributed by atoms with Gasteiger partial charge in [-0.2, -0.15) is 0 Å². The Hall–Kier alpha value is -3.03. The molecule has 0 aliphatic carbocycles. The predicted molar refractivity (Wildman–Crippen MR) is 156 cm³/mol. The van der Waals surface area contributed by atoms with Gasteiger partial charge in [-0.1, -0.05) is 124 Å². The highest BCUT2D eigenvalue weighted by atomic mass is 35.5. The van der Waals surface area contributed by atoms with E-state index in [0.29, 0.717) is 5.92 Å². The van der Waals surface area contributed by atoms with Gasteiger partial charge in [0, 0.05) is 10.6 Å². The van der Waals surface area contributed by atoms with Crippen LogP contribution in [0.5, 0.6) is 5.75 Å². The summed E-state index contributed by atoms with van der Waals surface area (Å²) in [5, 5.41) is 0.752. The Balaban J connectivity index is 1.67. The van der Waals surface area contributed by atoms with E-state index < -0.39 is 0 Å². The van der Waals surface area contributed by atoms with Crippen LogP contribution >= 0.6 is 11.6 Å². The van der Waals surface area contributed by atoms with Crippen LogP contribution in [0, 0.1) is 5.92 Å². The molecule has 0 spiro atoms. The zero-order valence-corrected chi connectivity index (χ0v) is 22.5. The standard InChI is InChI=1S/C34H37ClO/c1-4-6-7-11-26-16-18-27(19-17-26)30-12-8-9-13-31(30)32-14-10-15-33(35)34(32)28-20-22-29(23-21-28)36-24-25(3)5-2/h8-10,12-23,25H,4-7,11,24H2,1-3H3. The van der Waals surface area contributed by atoms with Crippen LogP contribution in [0.25, 0.3) is 33.4 Å². The number of ether oxygens (including phenoxy) is 1. The van der Waals surface area contributed by atoms with Crippen LogP contribution in [-0.4, -0.2) is 6.61 Å². The summed E-state index contributed by atoms with van der Waals surface area (Å²) in [4.78, 5) is 0. The molecule has 0 saturated heterocycles. The van der Waals surface area contributed by atoms with Gasteiger partial charge in [0.05, 0.1) is 6.61 Å². The lowest BCUT2D eigenvalue weighted by Crippen LogP contribution is -2.06. The lowest BCUT2D eigenvalue weighted by molar-refractivity contribution is 0.256. The number of hydrogen-bond acceptors (Lipinski definition) is 1. The summed E-state index contributed by atoms with van der Waals surface area (Å²) >= 11 is 6.82. The van der Waals surface area contributed by atoms with Crippen LogP contribution in [0.15, 0.2) is 91.0 Å². The van der Waals surface area contributed by atoms with Crippen molar-refractivity contribution < 1.29 is 4.74 Å². The molecule has 0 aromatic heterocycles. The number of unbranched alkanes of at least 4 members (excludes halogenated alkanes) is 2. The fourth-order valence-corrected chi connectivity index (χ4v) is 4.80. The molecule has 4 rings (SSSR count). The molecular formula is C34H37ClO. The van der Waals surface area contributed by atoms with Crippen molar-refractivity contribution in [3.63, 3.8) is 0 Å². The van der Waals surface area contributed by atoms with Gasteiger partial charge in [0.2, 0.25) is 0 Å². The van der Waals surface area contributed by atoms with E-state index in [2.05, 4.69) is 87.5 Å². The van der Waals surface area contributed by atoms with E-state index in [1.165, 1.54) is 41.5 Å². The first-order valence-electron chi connectivity index (χ1n) is 13.3. The molecular weight excluding hydrogens is 460 g/mol. The summed E-state index contributed by atoms with van der Waals surface area (Å²) in [6.45, 7) is 7.38. The fraction of sp³-hybridized carbons (Fsp3) is 0.294. The molecule has 0 heterocycles. The zero-order chi connectivity index (χ0) is 25.3. The van der Waals surface area contributed by atoms with E-state index in [9.17, 15) is 0 Å². The minimum atomic E-state index is 0.543. The first-order valence-corrected chi connectivity index (χ1v) is 13.7. The first-order chi connectivity index (χ1) is 17.6. The van der Waals surface area contributed by atoms with E-state index >= 15 is 0 Å². The molecule has 1 unspecified atom stereocenters. The second kappa shape index (κ2) is 12.8. The minimum Gasteiger partial charge on any atom is -0.493 e. The average molecular weight is 497 g/mol. The number of hydrogen-bond donors (Lipinski definition) is 0. The van der Waals surface area contributed by atoms with Gasteiger partial charge in [0.1, 0.15) is 5.75 Å². The highest BCUT2D eigenvalue weighted by Gasteiger charge is 2.15. The van der Waals surface area contributed by atoms with E-state index in [-0.39, 0.29) is 0 Å². The molecule has 186 valence electrons. The summed E-state index contributed by atoms with van der Waals surface area (Å²) in [5.74, 6) is 1.44. The molecule has 0 aliphatic rings. The van der Waals surface area contributed by atoms with Gasteiger partial charge in [-0.3, -0.25) is 0 Å². The lowest BCUT2D eigenvalue weighted by atomic mass is 9.89. The fourth-order valence-electron chi connectivity index (χ4n) is 4.52. The van der Waals surface area contributed by atoms with Crippen molar-refractivity contribution in [2.45, 2.75) is 52.9 Å². The monoisotopic (exact) mass is 496 g/mol. The summed E-state index contributed by atoms with van der Waals surface area (Å²) < 4.78 is 5.98. The summed E-state index contributed by atoms with van der Waals surface area (Å²) in [6, 6.07) is 32.2. The summed E-state index contributed by atoms with van der Waals surface area (Å²) in [6.07, 6.45) is 6.04. The maximum Gasteiger partial charge on any atom is 0.119 e. The van der Waals surface area contributed by atoms with Gasteiger partial charge in [-0.25, -0.2) is 0 Å². The van der Waals surface area contributed by atoms with Crippen molar-refractivity contribution in [3.8, 4) is 39.1 Å². The number of halogens is 1. The topological polar surface area (TPSA) is 9.23 Å². The van der Waals surface area contributed by atoms with Crippen LogP contribution < -0.4 is 4.74 Å². The Kier molecular flexibility index (Phi) is 9.25. The first kappa shape index (κ1) is 26.0. The van der Waals surface area contributed by atoms with Gasteiger partial charge in [0.25, 0.3) is 0 Å². The molecule has 1 nitrogen and oxygen atoms in total. The van der Waals surface area contributed by atoms with Crippen molar-refractivity contribution in [3.05, 3.63) is 102 Å². The van der Waals surface area contributed by atoms with Gasteiger partial charge in [-0.15, -0.1) is 0 Å². The molecule has 0 fully saturated rings. The summed E-state index contributed by atoms with van der Waals surface area (Å²) in [5.41, 5.74) is 8.32. The Labute approximate surface area is 222 Å². The minimum absolute atomic E-state index is 0.543. The number of benzene rings is 4. The molecule has 0 amide bonds. The van der Waals surface area contributed by atoms with Crippen molar-refractivity contribution in [2.24, 2.45) is 5.92 Å². The largest absolute Gasteiger partial charge is 0.493 e. The molecule has 0 bridgehead atoms. The van der Waals surface area contributed by atoms with Crippen LogP contribution in [0.2, 0.25) is 5.02 Å². The Morgan fingerprint density at radius 2 is 1.36 bits per heavy atom. The highest BCUT2D eigenvalue weighted by Crippen LogP contribution is 2.41. The van der Waals surface area contributed by atoms with Crippen LogP contribution in [-0.2, 0) is 6.42 Å². The molecule has 36 heavy (non-hydrogen) atoms. The quantitative estimate of drug-likeness (QED) is 0.187. The number of rotatable bonds is 11. The molecule has 0 aliphatic heterocycles. The van der Waals surface area contributed by atoms with Crippen LogP contribution in [0.1, 0.15) is 52.0 Å². The van der Waals surface area contributed by atoms with Gasteiger partial charge >= 0.3 is 0 Å². The van der Waals surface area contributed by atoms with Gasteiger partial charge in [0.15, 0.2) is 0 Å². The van der Waals surface area contributed by atoms with Gasteiger partial charge in [-0.05, 0) is 70.3 Å². The lowest BCUT2D eigenvalue weighted by Gasteiger charge is -2.17. The predicted octanol–water partition coefficient (Wildman–Crippen LogP) is 10.5. The smallest absolute Gasteiger partial charge is 0.119 e. The molecule has 0 N–H and O–H groups in total. The van der Waals surface area contributed by atoms with E-state index in [1.807, 2.05) is 24.3 Å². The second-order valence-corrected chi connectivity index (χ2v) is 10.1. The third-order valence-corrected chi connectivity index (χ3v) is 7.25. The summed E-state index contributed by atoms with van der Waals surface area (Å²) in [7, 11) is 0. The molecule has 0 radical (unpaired) electrons. The Bertz CT molecular complexity index is 1240. The third kappa shape index (κ3) is 6.39. The number of aryl methyl sites for hydroxylation is 1. The molecule has 4 aromatic carbocycles. The maximum atomic E-state index is 6.82. The van der Waals surface area contributed by atoms with Crippen molar-refractivity contribution in [1.29, 1.82) is 0 Å². The third-order valence-electron chi connectivity index (χ3n) is 6.94. The van der Waals surface area contributed by atoms with Crippen molar-refractivity contribution in [1.82, 2.24) is 0 Å². The normalized spacial score (nSPS) is 11.9. The Morgan fingerprint density at radius 3 is 2.06 bits per heavy atom. The molecule has 4 aromatic rings. The van der Waals surface area contributed by atoms with Gasteiger partial charge < -0.3 is 4.74 Å². The SMILES string of the molecule is CCCCCc1ccc(-c2ccccc2-c2cccc(Cl)c2-c2ccc(OCC(C)CC)cc2)cc1. The van der Waals surface area contributed by atoms with Crippen molar-refractivity contribution in [2.75, 3.05) is 6.61 Å². The second-order valence-electron chi connectivity index (χ2n) is 9.71.